The number of nitrogens with zero attached hydrogens (tertiary/aromatic N) is 2. The maximum Gasteiger partial charge on any atom is 0.266 e. The quantitative estimate of drug-likeness (QED) is 0.291. The van der Waals surface area contributed by atoms with Gasteiger partial charge < -0.3 is 14.8 Å². The smallest absolute Gasteiger partial charge is 0.266 e. The van der Waals surface area contributed by atoms with Crippen LogP contribution in [0.25, 0.3) is 6.08 Å². The zero-order valence-electron chi connectivity index (χ0n) is 21.0. The molecule has 0 spiro atoms. The van der Waals surface area contributed by atoms with Crippen LogP contribution in [0.4, 0.5) is 20.2 Å². The molecule has 0 bridgehead atoms. The number of aliphatic imine (C=N–C) groups is 1. The van der Waals surface area contributed by atoms with Gasteiger partial charge in [0.25, 0.3) is 11.8 Å². The number of benzene rings is 3. The fourth-order valence-electron chi connectivity index (χ4n) is 3.59. The van der Waals surface area contributed by atoms with Crippen LogP contribution in [-0.4, -0.2) is 41.6 Å². The molecule has 1 heterocycles. The molecule has 11 heteroatoms. The first-order valence-corrected chi connectivity index (χ1v) is 13.2. The first-order chi connectivity index (χ1) is 18.8. The molecule has 0 aromatic heterocycles. The third-order valence-electron chi connectivity index (χ3n) is 5.36. The van der Waals surface area contributed by atoms with Crippen LogP contribution in [0.1, 0.15) is 19.4 Å². The first-order valence-electron chi connectivity index (χ1n) is 12.0. The highest BCUT2D eigenvalue weighted by molar-refractivity contribution is 8.18. The molecule has 202 valence electrons. The second-order valence-corrected chi connectivity index (χ2v) is 9.55. The minimum atomic E-state index is -0.466. The van der Waals surface area contributed by atoms with Gasteiger partial charge in [-0.1, -0.05) is 11.6 Å². The number of halogens is 3. The minimum Gasteiger partial charge on any atom is -0.490 e. The molecular weight excluding hydrogens is 548 g/mol. The SMILES string of the molecule is CCOc1cc(/C=C2/SC(=Nc3ccc(F)cc3)N(CC)C2=O)cc(Cl)c1OCC(=O)Nc1ccc(F)cc1. The van der Waals surface area contributed by atoms with Crippen molar-refractivity contribution in [2.75, 3.05) is 25.1 Å². The van der Waals surface area contributed by atoms with Gasteiger partial charge in [0, 0.05) is 12.2 Å². The molecule has 1 fully saturated rings. The zero-order chi connectivity index (χ0) is 27.9. The minimum absolute atomic E-state index is 0.175. The van der Waals surface area contributed by atoms with Gasteiger partial charge in [-0.3, -0.25) is 14.5 Å². The highest BCUT2D eigenvalue weighted by atomic mass is 35.5. The average Bonchev–Trinajstić information content (AvgIpc) is 3.19. The molecule has 2 amide bonds. The Labute approximate surface area is 233 Å². The molecule has 0 unspecified atom stereocenters. The largest absolute Gasteiger partial charge is 0.490 e. The summed E-state index contributed by atoms with van der Waals surface area (Å²) in [4.78, 5) is 31.8. The summed E-state index contributed by atoms with van der Waals surface area (Å²) >= 11 is 7.69. The molecule has 39 heavy (non-hydrogen) atoms. The average molecular weight is 572 g/mol. The monoisotopic (exact) mass is 571 g/mol. The van der Waals surface area contributed by atoms with E-state index in [2.05, 4.69) is 10.3 Å². The Kier molecular flexibility index (Phi) is 9.21. The molecular formula is C28H24ClF2N3O4S. The third-order valence-corrected chi connectivity index (χ3v) is 6.65. The fourth-order valence-corrected chi connectivity index (χ4v) is 4.93. The summed E-state index contributed by atoms with van der Waals surface area (Å²) in [6, 6.07) is 14.3. The summed E-state index contributed by atoms with van der Waals surface area (Å²) in [5, 5.41) is 3.27. The fraction of sp³-hybridized carbons (Fsp3) is 0.179. The summed E-state index contributed by atoms with van der Waals surface area (Å²) in [5.41, 5.74) is 1.53. The number of nitrogens with one attached hydrogen (secondary N) is 1. The number of carbonyl (C=O) groups excluding carboxylic acids is 2. The van der Waals surface area contributed by atoms with Crippen LogP contribution < -0.4 is 14.8 Å². The summed E-state index contributed by atoms with van der Waals surface area (Å²) < 4.78 is 37.7. The number of ether oxygens (including phenoxy) is 2. The van der Waals surface area contributed by atoms with Crippen molar-refractivity contribution in [1.82, 2.24) is 4.90 Å². The van der Waals surface area contributed by atoms with Gasteiger partial charge in [0.1, 0.15) is 11.6 Å². The lowest BCUT2D eigenvalue weighted by Crippen LogP contribution is -2.28. The van der Waals surface area contributed by atoms with Crippen molar-refractivity contribution in [2.24, 2.45) is 4.99 Å². The van der Waals surface area contributed by atoms with E-state index in [9.17, 15) is 18.4 Å². The van der Waals surface area contributed by atoms with E-state index in [-0.39, 0.29) is 29.1 Å². The molecule has 1 saturated heterocycles. The Bertz CT molecular complexity index is 1430. The summed E-state index contributed by atoms with van der Waals surface area (Å²) in [6.45, 7) is 3.98. The molecule has 3 aromatic rings. The van der Waals surface area contributed by atoms with Crippen molar-refractivity contribution in [2.45, 2.75) is 13.8 Å². The maximum atomic E-state index is 13.3. The van der Waals surface area contributed by atoms with Crippen LogP contribution in [0.3, 0.4) is 0 Å². The second-order valence-electron chi connectivity index (χ2n) is 8.14. The van der Waals surface area contributed by atoms with E-state index in [1.54, 1.807) is 25.1 Å². The van der Waals surface area contributed by atoms with E-state index in [0.717, 1.165) is 0 Å². The third kappa shape index (κ3) is 7.15. The lowest BCUT2D eigenvalue weighted by atomic mass is 10.1. The van der Waals surface area contributed by atoms with E-state index < -0.39 is 11.7 Å². The van der Waals surface area contributed by atoms with E-state index in [1.807, 2.05) is 6.92 Å². The normalized spacial score (nSPS) is 15.2. The van der Waals surface area contributed by atoms with Crippen molar-refractivity contribution in [1.29, 1.82) is 0 Å². The van der Waals surface area contributed by atoms with Crippen molar-refractivity contribution in [3.8, 4) is 11.5 Å². The number of anilines is 1. The lowest BCUT2D eigenvalue weighted by molar-refractivity contribution is -0.122. The van der Waals surface area contributed by atoms with E-state index >= 15 is 0 Å². The lowest BCUT2D eigenvalue weighted by Gasteiger charge is -2.14. The molecule has 4 rings (SSSR count). The Hall–Kier alpha value is -3.89. The molecule has 0 atom stereocenters. The molecule has 0 saturated carbocycles. The van der Waals surface area contributed by atoms with Crippen LogP contribution in [0.5, 0.6) is 11.5 Å². The molecule has 3 aromatic carbocycles. The van der Waals surface area contributed by atoms with Gasteiger partial charge in [-0.15, -0.1) is 0 Å². The number of hydrogen-bond donors (Lipinski definition) is 1. The van der Waals surface area contributed by atoms with Crippen LogP contribution in [0.2, 0.25) is 5.02 Å². The molecule has 0 radical (unpaired) electrons. The summed E-state index contributed by atoms with van der Waals surface area (Å²) in [7, 11) is 0. The highest BCUT2D eigenvalue weighted by Gasteiger charge is 2.32. The summed E-state index contributed by atoms with van der Waals surface area (Å²) in [5.74, 6) is -1.00. The van der Waals surface area contributed by atoms with Gasteiger partial charge in [-0.05, 0) is 97.9 Å². The number of carbonyl (C=O) groups is 2. The topological polar surface area (TPSA) is 80.2 Å². The van der Waals surface area contributed by atoms with Gasteiger partial charge in [-0.25, -0.2) is 13.8 Å². The van der Waals surface area contributed by atoms with E-state index in [4.69, 9.17) is 21.1 Å². The van der Waals surface area contributed by atoms with Gasteiger partial charge in [-0.2, -0.15) is 0 Å². The summed E-state index contributed by atoms with van der Waals surface area (Å²) in [6.07, 6.45) is 1.67. The number of rotatable bonds is 9. The molecule has 7 nitrogen and oxygen atoms in total. The second kappa shape index (κ2) is 12.8. The Morgan fingerprint density at radius 1 is 1.05 bits per heavy atom. The van der Waals surface area contributed by atoms with Crippen LogP contribution in [0.15, 0.2) is 70.6 Å². The predicted molar refractivity (Wildman–Crippen MR) is 150 cm³/mol. The Balaban J connectivity index is 1.53. The van der Waals surface area contributed by atoms with Crippen molar-refractivity contribution < 1.29 is 27.8 Å². The Morgan fingerprint density at radius 2 is 1.72 bits per heavy atom. The zero-order valence-corrected chi connectivity index (χ0v) is 22.6. The first kappa shape index (κ1) is 28.1. The number of hydrogen-bond acceptors (Lipinski definition) is 6. The van der Waals surface area contributed by atoms with Crippen molar-refractivity contribution in [3.05, 3.63) is 87.8 Å². The standard InChI is InChI=1S/C28H24ClF2N3O4S/c1-3-34-27(36)24(39-28(34)33-21-11-7-19(31)8-12-21)15-17-13-22(29)26(23(14-17)37-4-2)38-16-25(35)32-20-9-5-18(30)6-10-20/h5-15H,3-4,16H2,1-2H3,(H,32,35)/b24-15+,33-28?. The van der Waals surface area contributed by atoms with Crippen LogP contribution in [0, 0.1) is 11.6 Å². The number of likely N-dealkylation sites (N-methyl/N-ethyl adjacent to an activating group) is 1. The number of thioether (sulfide) groups is 1. The maximum absolute atomic E-state index is 13.3. The van der Waals surface area contributed by atoms with Crippen LogP contribution >= 0.6 is 23.4 Å². The van der Waals surface area contributed by atoms with Gasteiger partial charge in [0.05, 0.1) is 22.2 Å². The van der Waals surface area contributed by atoms with Crippen LogP contribution in [-0.2, 0) is 9.59 Å². The van der Waals surface area contributed by atoms with Crippen molar-refractivity contribution in [3.63, 3.8) is 0 Å². The van der Waals surface area contributed by atoms with Gasteiger partial charge in [0.15, 0.2) is 23.3 Å². The number of amides is 2. The highest BCUT2D eigenvalue weighted by Crippen LogP contribution is 2.39. The molecule has 0 aliphatic carbocycles. The molecule has 1 aliphatic rings. The number of amidine groups is 1. The predicted octanol–water partition coefficient (Wildman–Crippen LogP) is 6.66. The van der Waals surface area contributed by atoms with Gasteiger partial charge >= 0.3 is 0 Å². The molecule has 1 N–H and O–H groups in total. The Morgan fingerprint density at radius 3 is 2.36 bits per heavy atom. The van der Waals surface area contributed by atoms with Gasteiger partial charge in [0.2, 0.25) is 0 Å². The van der Waals surface area contributed by atoms with Crippen molar-refractivity contribution >= 4 is 57.8 Å². The van der Waals surface area contributed by atoms with E-state index in [0.29, 0.717) is 45.9 Å². The van der Waals surface area contributed by atoms with E-state index in [1.165, 1.54) is 65.2 Å². The molecule has 1 aliphatic heterocycles.